The fourth-order valence-electron chi connectivity index (χ4n) is 0.553. The lowest BCUT2D eigenvalue weighted by atomic mass is 10.2. The molecule has 1 atom stereocenters. The maximum absolute atomic E-state index is 11.2. The van der Waals surface area contributed by atoms with Crippen LogP contribution in [0.4, 0.5) is 0 Å². The highest BCUT2D eigenvalue weighted by Crippen LogP contribution is 1.97. The number of nitrogens with one attached hydrogen (secondary N) is 1. The van der Waals surface area contributed by atoms with E-state index >= 15 is 0 Å². The van der Waals surface area contributed by atoms with Crippen molar-refractivity contribution in [2.45, 2.75) is 31.6 Å². The van der Waals surface area contributed by atoms with Crippen LogP contribution in [0.2, 0.25) is 0 Å². The Kier molecular flexibility index (Phi) is 4.60. The molecule has 0 fully saturated rings. The van der Waals surface area contributed by atoms with Crippen molar-refractivity contribution < 1.29 is 13.2 Å². The average Bonchev–Trinajstić information content (AvgIpc) is 2.03. The van der Waals surface area contributed by atoms with E-state index in [0.717, 1.165) is 0 Å². The van der Waals surface area contributed by atoms with Crippen molar-refractivity contribution in [3.63, 3.8) is 0 Å². The molecule has 14 heavy (non-hydrogen) atoms. The van der Waals surface area contributed by atoms with Gasteiger partial charge in [-0.3, -0.25) is 9.52 Å². The standard InChI is InChI=1S/C8H14N2O3S/c1-4-5-7(9)8(11)10-14(12,13)6(2)3/h1,6-7H,5,9H2,2-3H3,(H,10,11). The number of nitrogens with two attached hydrogens (primary N) is 1. The van der Waals surface area contributed by atoms with Gasteiger partial charge >= 0.3 is 0 Å². The van der Waals surface area contributed by atoms with E-state index in [4.69, 9.17) is 12.2 Å². The van der Waals surface area contributed by atoms with Crippen LogP contribution < -0.4 is 10.5 Å². The van der Waals surface area contributed by atoms with Gasteiger partial charge in [-0.1, -0.05) is 0 Å². The van der Waals surface area contributed by atoms with Crippen molar-refractivity contribution in [2.24, 2.45) is 5.73 Å². The summed E-state index contributed by atoms with van der Waals surface area (Å²) in [5.74, 6) is 1.42. The number of sulfonamides is 1. The first kappa shape index (κ1) is 12.9. The van der Waals surface area contributed by atoms with Gasteiger partial charge < -0.3 is 5.73 Å². The third-order valence-electron chi connectivity index (χ3n) is 1.54. The lowest BCUT2D eigenvalue weighted by molar-refractivity contribution is -0.120. The van der Waals surface area contributed by atoms with Crippen LogP contribution >= 0.6 is 0 Å². The zero-order valence-corrected chi connectivity index (χ0v) is 8.97. The molecular weight excluding hydrogens is 204 g/mol. The molecule has 0 bridgehead atoms. The minimum atomic E-state index is -3.61. The van der Waals surface area contributed by atoms with Crippen LogP contribution in [-0.4, -0.2) is 25.6 Å². The molecular formula is C8H14N2O3S. The Morgan fingerprint density at radius 3 is 2.43 bits per heavy atom. The second-order valence-electron chi connectivity index (χ2n) is 3.07. The highest BCUT2D eigenvalue weighted by atomic mass is 32.2. The van der Waals surface area contributed by atoms with E-state index in [1.807, 2.05) is 4.72 Å². The van der Waals surface area contributed by atoms with Gasteiger partial charge in [0.25, 0.3) is 5.91 Å². The zero-order valence-electron chi connectivity index (χ0n) is 8.15. The Bertz CT molecular complexity index is 340. The smallest absolute Gasteiger partial charge is 0.251 e. The van der Waals surface area contributed by atoms with E-state index in [9.17, 15) is 13.2 Å². The van der Waals surface area contributed by atoms with Crippen LogP contribution in [0.15, 0.2) is 0 Å². The van der Waals surface area contributed by atoms with Gasteiger partial charge in [-0.2, -0.15) is 0 Å². The summed E-state index contributed by atoms with van der Waals surface area (Å²) in [6.07, 6.45) is 4.94. The molecule has 0 heterocycles. The molecule has 0 spiro atoms. The van der Waals surface area contributed by atoms with E-state index in [1.165, 1.54) is 13.8 Å². The largest absolute Gasteiger partial charge is 0.319 e. The lowest BCUT2D eigenvalue weighted by Gasteiger charge is -2.12. The van der Waals surface area contributed by atoms with Crippen molar-refractivity contribution in [2.75, 3.05) is 0 Å². The third-order valence-corrected chi connectivity index (χ3v) is 3.26. The molecule has 6 heteroatoms. The molecule has 1 unspecified atom stereocenters. The van der Waals surface area contributed by atoms with Gasteiger partial charge in [-0.15, -0.1) is 12.3 Å². The molecule has 0 aliphatic rings. The van der Waals surface area contributed by atoms with Crippen LogP contribution in [0, 0.1) is 12.3 Å². The molecule has 1 amide bonds. The van der Waals surface area contributed by atoms with Crippen molar-refractivity contribution in [1.82, 2.24) is 4.72 Å². The number of amides is 1. The maximum atomic E-state index is 11.2. The summed E-state index contributed by atoms with van der Waals surface area (Å²) in [6.45, 7) is 2.92. The van der Waals surface area contributed by atoms with Gasteiger partial charge in [-0.05, 0) is 13.8 Å². The van der Waals surface area contributed by atoms with Gasteiger partial charge in [0.15, 0.2) is 0 Å². The Hall–Kier alpha value is -1.06. The Morgan fingerprint density at radius 1 is 1.57 bits per heavy atom. The van der Waals surface area contributed by atoms with E-state index in [1.54, 1.807) is 0 Å². The molecule has 0 aliphatic heterocycles. The van der Waals surface area contributed by atoms with Crippen molar-refractivity contribution >= 4 is 15.9 Å². The highest BCUT2D eigenvalue weighted by molar-refractivity contribution is 7.90. The molecule has 5 nitrogen and oxygen atoms in total. The van der Waals surface area contributed by atoms with E-state index in [0.29, 0.717) is 0 Å². The zero-order chi connectivity index (χ0) is 11.4. The van der Waals surface area contributed by atoms with E-state index in [2.05, 4.69) is 5.92 Å². The minimum Gasteiger partial charge on any atom is -0.319 e. The molecule has 0 saturated heterocycles. The number of hydrogen-bond donors (Lipinski definition) is 2. The number of hydrogen-bond acceptors (Lipinski definition) is 4. The number of rotatable bonds is 4. The summed E-state index contributed by atoms with van der Waals surface area (Å²) in [5.41, 5.74) is 5.32. The summed E-state index contributed by atoms with van der Waals surface area (Å²) < 4.78 is 24.3. The summed E-state index contributed by atoms with van der Waals surface area (Å²) >= 11 is 0. The number of carbonyl (C=O) groups excluding carboxylic acids is 1. The normalized spacial score (nSPS) is 13.4. The lowest BCUT2D eigenvalue weighted by Crippen LogP contribution is -2.45. The van der Waals surface area contributed by atoms with Crippen molar-refractivity contribution in [3.8, 4) is 12.3 Å². The summed E-state index contributed by atoms with van der Waals surface area (Å²) in [5, 5.41) is -0.676. The maximum Gasteiger partial charge on any atom is 0.251 e. The molecule has 0 aromatic rings. The third kappa shape index (κ3) is 3.77. The Labute approximate surface area is 84.1 Å². The summed E-state index contributed by atoms with van der Waals surface area (Å²) in [7, 11) is -3.61. The highest BCUT2D eigenvalue weighted by Gasteiger charge is 2.22. The Balaban J connectivity index is 4.42. The fraction of sp³-hybridized carbons (Fsp3) is 0.625. The molecule has 0 aliphatic carbocycles. The van der Waals surface area contributed by atoms with Crippen molar-refractivity contribution in [1.29, 1.82) is 0 Å². The SMILES string of the molecule is C#CCC(N)C(=O)NS(=O)(=O)C(C)C. The summed E-state index contributed by atoms with van der Waals surface area (Å²) in [4.78, 5) is 11.1. The molecule has 0 aromatic heterocycles. The van der Waals surface area contributed by atoms with Crippen LogP contribution in [-0.2, 0) is 14.8 Å². The molecule has 3 N–H and O–H groups in total. The molecule has 80 valence electrons. The van der Waals surface area contributed by atoms with Gasteiger partial charge in [-0.25, -0.2) is 8.42 Å². The van der Waals surface area contributed by atoms with Gasteiger partial charge in [0.2, 0.25) is 10.0 Å². The van der Waals surface area contributed by atoms with E-state index in [-0.39, 0.29) is 6.42 Å². The summed E-state index contributed by atoms with van der Waals surface area (Å²) in [6, 6.07) is -0.978. The van der Waals surface area contributed by atoms with Crippen LogP contribution in [0.3, 0.4) is 0 Å². The fourth-order valence-corrected chi connectivity index (χ4v) is 1.22. The second-order valence-corrected chi connectivity index (χ2v) is 5.31. The first-order valence-corrected chi connectivity index (χ1v) is 5.60. The molecule has 0 radical (unpaired) electrons. The van der Waals surface area contributed by atoms with Gasteiger partial charge in [0, 0.05) is 6.42 Å². The van der Waals surface area contributed by atoms with Gasteiger partial charge in [0.1, 0.15) is 0 Å². The predicted molar refractivity (Wildman–Crippen MR) is 53.6 cm³/mol. The topological polar surface area (TPSA) is 89.3 Å². The second kappa shape index (κ2) is 4.98. The van der Waals surface area contributed by atoms with Crippen LogP contribution in [0.5, 0.6) is 0 Å². The molecule has 0 aromatic carbocycles. The minimum absolute atomic E-state index is 0.0133. The van der Waals surface area contributed by atoms with E-state index < -0.39 is 27.2 Å². The van der Waals surface area contributed by atoms with Gasteiger partial charge in [0.05, 0.1) is 11.3 Å². The predicted octanol–water partition coefficient (Wildman–Crippen LogP) is -0.809. The Morgan fingerprint density at radius 2 is 2.07 bits per heavy atom. The van der Waals surface area contributed by atoms with Crippen molar-refractivity contribution in [3.05, 3.63) is 0 Å². The monoisotopic (exact) mass is 218 g/mol. The quantitative estimate of drug-likeness (QED) is 0.604. The number of carbonyl (C=O) groups is 1. The van der Waals surface area contributed by atoms with Crippen LogP contribution in [0.25, 0.3) is 0 Å². The molecule has 0 rings (SSSR count). The average molecular weight is 218 g/mol. The number of terminal acetylenes is 1. The molecule has 0 saturated carbocycles. The first-order chi connectivity index (χ1) is 6.31. The van der Waals surface area contributed by atoms with Crippen LogP contribution in [0.1, 0.15) is 20.3 Å². The first-order valence-electron chi connectivity index (χ1n) is 4.05.